The van der Waals surface area contributed by atoms with Crippen LogP contribution in [0.2, 0.25) is 0 Å². The predicted octanol–water partition coefficient (Wildman–Crippen LogP) is 2.16. The first-order valence-electron chi connectivity index (χ1n) is 6.76. The Labute approximate surface area is 119 Å². The second kappa shape index (κ2) is 8.19. The van der Waals surface area contributed by atoms with Crippen LogP contribution in [0, 0.1) is 0 Å². The summed E-state index contributed by atoms with van der Waals surface area (Å²) in [5.41, 5.74) is 0.461. The number of amides is 1. The van der Waals surface area contributed by atoms with Crippen LogP contribution < -0.4 is 10.1 Å². The lowest BCUT2D eigenvalue weighted by Crippen LogP contribution is -2.35. The van der Waals surface area contributed by atoms with Crippen molar-refractivity contribution in [1.29, 1.82) is 0 Å². The third-order valence-corrected chi connectivity index (χ3v) is 2.76. The quantitative estimate of drug-likeness (QED) is 0.777. The van der Waals surface area contributed by atoms with Crippen molar-refractivity contribution in [3.05, 3.63) is 29.8 Å². The Hall–Kier alpha value is -2.04. The predicted molar refractivity (Wildman–Crippen MR) is 75.8 cm³/mol. The largest absolute Gasteiger partial charge is 0.484 e. The van der Waals surface area contributed by atoms with Crippen molar-refractivity contribution in [1.82, 2.24) is 5.32 Å². The Morgan fingerprint density at radius 2 is 1.85 bits per heavy atom. The maximum atomic E-state index is 11.5. The van der Waals surface area contributed by atoms with Crippen molar-refractivity contribution < 1.29 is 19.1 Å². The molecular formula is C15H21NO4. The van der Waals surface area contributed by atoms with Crippen LogP contribution in [0.25, 0.3) is 0 Å². The van der Waals surface area contributed by atoms with E-state index in [2.05, 4.69) is 5.32 Å². The van der Waals surface area contributed by atoms with E-state index in [1.807, 2.05) is 13.8 Å². The molecule has 1 atom stereocenters. The van der Waals surface area contributed by atoms with E-state index in [0.29, 0.717) is 17.9 Å². The second-order valence-electron chi connectivity index (χ2n) is 4.41. The van der Waals surface area contributed by atoms with Crippen molar-refractivity contribution in [2.75, 3.05) is 13.2 Å². The van der Waals surface area contributed by atoms with Gasteiger partial charge in [-0.2, -0.15) is 0 Å². The smallest absolute Gasteiger partial charge is 0.338 e. The fraction of sp³-hybridized carbons (Fsp3) is 0.467. The summed E-state index contributed by atoms with van der Waals surface area (Å²) in [6.07, 6.45) is 0.875. The summed E-state index contributed by atoms with van der Waals surface area (Å²) in [5, 5.41) is 2.81. The molecule has 5 nitrogen and oxygen atoms in total. The fourth-order valence-electron chi connectivity index (χ4n) is 1.47. The van der Waals surface area contributed by atoms with Crippen LogP contribution in [0.3, 0.4) is 0 Å². The van der Waals surface area contributed by atoms with E-state index in [1.54, 1.807) is 31.2 Å². The van der Waals surface area contributed by atoms with Gasteiger partial charge in [-0.05, 0) is 44.5 Å². The molecule has 1 rings (SSSR count). The summed E-state index contributed by atoms with van der Waals surface area (Å²) in [6, 6.07) is 6.64. The van der Waals surface area contributed by atoms with Gasteiger partial charge in [-0.1, -0.05) is 6.92 Å². The molecule has 0 saturated heterocycles. The number of esters is 1. The van der Waals surface area contributed by atoms with Crippen molar-refractivity contribution in [2.45, 2.75) is 33.2 Å². The zero-order valence-corrected chi connectivity index (χ0v) is 12.1. The first-order valence-corrected chi connectivity index (χ1v) is 6.76. The molecule has 0 aromatic heterocycles. The molecule has 1 aromatic rings. The van der Waals surface area contributed by atoms with E-state index in [9.17, 15) is 9.59 Å². The third-order valence-electron chi connectivity index (χ3n) is 2.76. The Balaban J connectivity index is 2.45. The average Bonchev–Trinajstić information content (AvgIpc) is 2.45. The van der Waals surface area contributed by atoms with E-state index in [1.165, 1.54) is 0 Å². The molecule has 110 valence electrons. The topological polar surface area (TPSA) is 64.6 Å². The molecule has 1 amide bonds. The Morgan fingerprint density at radius 1 is 1.20 bits per heavy atom. The van der Waals surface area contributed by atoms with Gasteiger partial charge >= 0.3 is 5.97 Å². The monoisotopic (exact) mass is 279 g/mol. The maximum Gasteiger partial charge on any atom is 0.338 e. The van der Waals surface area contributed by atoms with Crippen LogP contribution in [-0.4, -0.2) is 31.1 Å². The molecule has 1 N–H and O–H groups in total. The number of benzene rings is 1. The molecule has 1 aromatic carbocycles. The molecule has 0 aliphatic heterocycles. The van der Waals surface area contributed by atoms with Gasteiger partial charge in [0.05, 0.1) is 12.2 Å². The highest BCUT2D eigenvalue weighted by atomic mass is 16.5. The van der Waals surface area contributed by atoms with E-state index >= 15 is 0 Å². The molecule has 0 spiro atoms. The molecular weight excluding hydrogens is 258 g/mol. The number of rotatable bonds is 7. The molecule has 1 unspecified atom stereocenters. The van der Waals surface area contributed by atoms with Crippen LogP contribution >= 0.6 is 0 Å². The van der Waals surface area contributed by atoms with E-state index in [4.69, 9.17) is 9.47 Å². The highest BCUT2D eigenvalue weighted by molar-refractivity contribution is 5.89. The van der Waals surface area contributed by atoms with Gasteiger partial charge in [-0.25, -0.2) is 4.79 Å². The van der Waals surface area contributed by atoms with Gasteiger partial charge in [-0.3, -0.25) is 4.79 Å². The lowest BCUT2D eigenvalue weighted by atomic mass is 10.2. The Kier molecular flexibility index (Phi) is 6.56. The molecule has 0 radical (unpaired) electrons. The summed E-state index contributed by atoms with van der Waals surface area (Å²) < 4.78 is 10.2. The molecule has 20 heavy (non-hydrogen) atoms. The zero-order chi connectivity index (χ0) is 15.0. The minimum atomic E-state index is -0.367. The standard InChI is InChI=1S/C15H21NO4/c1-4-11(3)16-14(17)10-20-13-8-6-12(7-9-13)15(18)19-5-2/h6-9,11H,4-5,10H2,1-3H3,(H,16,17). The van der Waals surface area contributed by atoms with Crippen molar-refractivity contribution in [2.24, 2.45) is 0 Å². The summed E-state index contributed by atoms with van der Waals surface area (Å²) in [5.74, 6) is 0.0136. The zero-order valence-electron chi connectivity index (χ0n) is 12.1. The molecule has 0 aliphatic rings. The SMILES string of the molecule is CCOC(=O)c1ccc(OCC(=O)NC(C)CC)cc1. The number of hydrogen-bond donors (Lipinski definition) is 1. The Bertz CT molecular complexity index is 442. The number of ether oxygens (including phenoxy) is 2. The third kappa shape index (κ3) is 5.30. The molecule has 0 aliphatic carbocycles. The van der Waals surface area contributed by atoms with Gasteiger partial charge in [0, 0.05) is 6.04 Å². The van der Waals surface area contributed by atoms with E-state index < -0.39 is 0 Å². The second-order valence-corrected chi connectivity index (χ2v) is 4.41. The van der Waals surface area contributed by atoms with Gasteiger partial charge in [0.15, 0.2) is 6.61 Å². The van der Waals surface area contributed by atoms with Crippen molar-refractivity contribution in [3.63, 3.8) is 0 Å². The van der Waals surface area contributed by atoms with E-state index in [-0.39, 0.29) is 24.5 Å². The summed E-state index contributed by atoms with van der Waals surface area (Å²) in [6.45, 7) is 5.99. The number of hydrogen-bond acceptors (Lipinski definition) is 4. The van der Waals surface area contributed by atoms with Crippen LogP contribution in [-0.2, 0) is 9.53 Å². The normalized spacial score (nSPS) is 11.6. The minimum Gasteiger partial charge on any atom is -0.484 e. The van der Waals surface area contributed by atoms with Crippen molar-refractivity contribution in [3.8, 4) is 5.75 Å². The fourth-order valence-corrected chi connectivity index (χ4v) is 1.47. The van der Waals surface area contributed by atoms with Gasteiger partial charge in [-0.15, -0.1) is 0 Å². The first kappa shape index (κ1) is 16.0. The number of carbonyl (C=O) groups is 2. The van der Waals surface area contributed by atoms with Crippen LogP contribution in [0.5, 0.6) is 5.75 Å². The van der Waals surface area contributed by atoms with Gasteiger partial charge in [0.2, 0.25) is 0 Å². The minimum absolute atomic E-state index is 0.0386. The number of nitrogens with one attached hydrogen (secondary N) is 1. The van der Waals surface area contributed by atoms with Gasteiger partial charge in [0.25, 0.3) is 5.91 Å². The molecule has 0 saturated carbocycles. The van der Waals surface area contributed by atoms with Crippen LogP contribution in [0.1, 0.15) is 37.6 Å². The van der Waals surface area contributed by atoms with Crippen LogP contribution in [0.15, 0.2) is 24.3 Å². The lowest BCUT2D eigenvalue weighted by Gasteiger charge is -2.12. The molecule has 0 fully saturated rings. The van der Waals surface area contributed by atoms with Gasteiger partial charge < -0.3 is 14.8 Å². The highest BCUT2D eigenvalue weighted by Crippen LogP contribution is 2.12. The first-order chi connectivity index (χ1) is 9.56. The molecule has 0 heterocycles. The maximum absolute atomic E-state index is 11.5. The lowest BCUT2D eigenvalue weighted by molar-refractivity contribution is -0.123. The molecule has 0 bridgehead atoms. The summed E-state index contributed by atoms with van der Waals surface area (Å²) >= 11 is 0. The average molecular weight is 279 g/mol. The summed E-state index contributed by atoms with van der Waals surface area (Å²) in [4.78, 5) is 23.0. The van der Waals surface area contributed by atoms with E-state index in [0.717, 1.165) is 6.42 Å². The van der Waals surface area contributed by atoms with Crippen LogP contribution in [0.4, 0.5) is 0 Å². The Morgan fingerprint density at radius 3 is 2.40 bits per heavy atom. The molecule has 5 heteroatoms. The number of carbonyl (C=O) groups excluding carboxylic acids is 2. The summed E-state index contributed by atoms with van der Waals surface area (Å²) in [7, 11) is 0. The van der Waals surface area contributed by atoms with Crippen molar-refractivity contribution >= 4 is 11.9 Å². The van der Waals surface area contributed by atoms with Gasteiger partial charge in [0.1, 0.15) is 5.75 Å². The highest BCUT2D eigenvalue weighted by Gasteiger charge is 2.08.